The van der Waals surface area contributed by atoms with Crippen molar-refractivity contribution in [1.29, 1.82) is 0 Å². The smallest absolute Gasteiger partial charge is 0.227 e. The van der Waals surface area contributed by atoms with Crippen LogP contribution >= 0.6 is 0 Å². The minimum absolute atomic E-state index is 0.107. The van der Waals surface area contributed by atoms with Crippen molar-refractivity contribution in [2.75, 3.05) is 4.90 Å². The van der Waals surface area contributed by atoms with E-state index in [4.69, 9.17) is 0 Å². The van der Waals surface area contributed by atoms with E-state index in [2.05, 4.69) is 63.1 Å². The van der Waals surface area contributed by atoms with E-state index in [0.717, 1.165) is 33.8 Å². The molecule has 1 amide bonds. The SMILES string of the molecule is CCC.CCC(=O)N1Cc2ccccc2-c2nnn(C(C)(C)C)c2-c2ccccc21. The number of hydrogen-bond acceptors (Lipinski definition) is 3. The normalized spacial score (nSPS) is 12.5. The van der Waals surface area contributed by atoms with Gasteiger partial charge in [-0.25, -0.2) is 4.68 Å². The Labute approximate surface area is 179 Å². The third-order valence-electron chi connectivity index (χ3n) is 4.96. The van der Waals surface area contributed by atoms with Crippen LogP contribution in [0.2, 0.25) is 0 Å². The monoisotopic (exact) mass is 404 g/mol. The number of benzene rings is 2. The number of carbonyl (C=O) groups excluding carboxylic acids is 1. The molecule has 4 rings (SSSR count). The first-order chi connectivity index (χ1) is 14.3. The molecule has 1 aliphatic rings. The predicted octanol–water partition coefficient (Wildman–Crippen LogP) is 6.04. The summed E-state index contributed by atoms with van der Waals surface area (Å²) < 4.78 is 1.97. The van der Waals surface area contributed by atoms with E-state index in [1.54, 1.807) is 0 Å². The molecule has 0 N–H and O–H groups in total. The van der Waals surface area contributed by atoms with Crippen LogP contribution in [-0.4, -0.2) is 20.9 Å². The zero-order valence-corrected chi connectivity index (χ0v) is 18.9. The van der Waals surface area contributed by atoms with Crippen molar-refractivity contribution in [2.24, 2.45) is 0 Å². The van der Waals surface area contributed by atoms with Gasteiger partial charge in [-0.05, 0) is 32.4 Å². The Kier molecular flexibility index (Phi) is 6.40. The van der Waals surface area contributed by atoms with E-state index in [-0.39, 0.29) is 11.4 Å². The molecule has 2 heterocycles. The lowest BCUT2D eigenvalue weighted by Crippen LogP contribution is -2.31. The molecule has 1 aromatic heterocycles. The number of carbonyl (C=O) groups is 1. The second kappa shape index (κ2) is 8.82. The number of para-hydroxylation sites is 1. The molecule has 158 valence electrons. The molecule has 0 saturated heterocycles. The molecule has 0 unspecified atom stereocenters. The van der Waals surface area contributed by atoms with Gasteiger partial charge in [-0.3, -0.25) is 4.79 Å². The molecule has 30 heavy (non-hydrogen) atoms. The Hall–Kier alpha value is -2.95. The second-order valence-corrected chi connectivity index (χ2v) is 8.58. The summed E-state index contributed by atoms with van der Waals surface area (Å²) in [6.45, 7) is 13.0. The standard InChI is InChI=1S/C22H24N4O.C3H8/c1-5-19(27)25-14-15-10-6-7-11-16(15)20-21(17-12-8-9-13-18(17)25)26(24-23-20)22(2,3)4;1-3-2/h6-13H,5,14H2,1-4H3;3H2,1-2H3. The van der Waals surface area contributed by atoms with Gasteiger partial charge < -0.3 is 4.90 Å². The summed E-state index contributed by atoms with van der Waals surface area (Å²) in [6, 6.07) is 16.2. The maximum absolute atomic E-state index is 12.8. The van der Waals surface area contributed by atoms with Crippen molar-refractivity contribution in [1.82, 2.24) is 15.0 Å². The minimum Gasteiger partial charge on any atom is -0.307 e. The van der Waals surface area contributed by atoms with Crippen LogP contribution in [-0.2, 0) is 16.9 Å². The highest BCUT2D eigenvalue weighted by atomic mass is 16.2. The van der Waals surface area contributed by atoms with Crippen molar-refractivity contribution in [3.63, 3.8) is 0 Å². The Morgan fingerprint density at radius 3 is 2.20 bits per heavy atom. The van der Waals surface area contributed by atoms with Gasteiger partial charge in [0.15, 0.2) is 0 Å². The van der Waals surface area contributed by atoms with Crippen LogP contribution in [0.1, 0.15) is 59.9 Å². The number of fused-ring (bicyclic) bond motifs is 5. The highest BCUT2D eigenvalue weighted by Gasteiger charge is 2.31. The largest absolute Gasteiger partial charge is 0.307 e. The molecule has 0 atom stereocenters. The molecule has 0 aliphatic carbocycles. The number of rotatable bonds is 1. The summed E-state index contributed by atoms with van der Waals surface area (Å²) in [4.78, 5) is 14.7. The van der Waals surface area contributed by atoms with Gasteiger partial charge in [0.25, 0.3) is 0 Å². The van der Waals surface area contributed by atoms with E-state index in [9.17, 15) is 4.79 Å². The topological polar surface area (TPSA) is 51.0 Å². The molecule has 0 bridgehead atoms. The first-order valence-corrected chi connectivity index (χ1v) is 10.8. The summed E-state index contributed by atoms with van der Waals surface area (Å²) in [7, 11) is 0. The molecule has 0 radical (unpaired) electrons. The zero-order valence-electron chi connectivity index (χ0n) is 18.9. The Bertz CT molecular complexity index is 1030. The third kappa shape index (κ3) is 4.02. The van der Waals surface area contributed by atoms with Gasteiger partial charge in [-0.1, -0.05) is 74.9 Å². The van der Waals surface area contributed by atoms with Crippen molar-refractivity contribution in [3.8, 4) is 22.5 Å². The molecule has 0 saturated carbocycles. The van der Waals surface area contributed by atoms with Crippen molar-refractivity contribution < 1.29 is 4.79 Å². The fraction of sp³-hybridized carbons (Fsp3) is 0.400. The van der Waals surface area contributed by atoms with Gasteiger partial charge in [0, 0.05) is 17.5 Å². The quantitative estimate of drug-likeness (QED) is 0.497. The Balaban J connectivity index is 0.000000806. The van der Waals surface area contributed by atoms with Crippen LogP contribution in [0.15, 0.2) is 48.5 Å². The zero-order chi connectivity index (χ0) is 21.9. The molecule has 5 nitrogen and oxygen atoms in total. The van der Waals surface area contributed by atoms with Gasteiger partial charge in [0.05, 0.1) is 23.5 Å². The van der Waals surface area contributed by atoms with Crippen LogP contribution in [0.4, 0.5) is 5.69 Å². The van der Waals surface area contributed by atoms with Gasteiger partial charge in [-0.2, -0.15) is 0 Å². The highest BCUT2D eigenvalue weighted by molar-refractivity contribution is 6.00. The van der Waals surface area contributed by atoms with Crippen LogP contribution in [0.3, 0.4) is 0 Å². The summed E-state index contributed by atoms with van der Waals surface area (Å²) in [5.74, 6) is 0.107. The number of aromatic nitrogens is 3. The first kappa shape index (κ1) is 21.8. The molecular weight excluding hydrogens is 372 g/mol. The molecule has 5 heteroatoms. The number of hydrogen-bond donors (Lipinski definition) is 0. The van der Waals surface area contributed by atoms with E-state index in [1.165, 1.54) is 6.42 Å². The molecule has 3 aromatic rings. The average molecular weight is 405 g/mol. The van der Waals surface area contributed by atoms with E-state index in [0.29, 0.717) is 13.0 Å². The first-order valence-electron chi connectivity index (χ1n) is 10.8. The van der Waals surface area contributed by atoms with Crippen molar-refractivity contribution >= 4 is 11.6 Å². The fourth-order valence-electron chi connectivity index (χ4n) is 3.64. The lowest BCUT2D eigenvalue weighted by atomic mass is 9.94. The molecule has 0 fully saturated rings. The van der Waals surface area contributed by atoms with Crippen LogP contribution in [0.5, 0.6) is 0 Å². The molecular formula is C25H32N4O. The summed E-state index contributed by atoms with van der Waals surface area (Å²) in [5.41, 5.74) is 5.61. The highest BCUT2D eigenvalue weighted by Crippen LogP contribution is 2.42. The number of nitrogens with zero attached hydrogens (tertiary/aromatic N) is 4. The van der Waals surface area contributed by atoms with Gasteiger partial charge >= 0.3 is 0 Å². The lowest BCUT2D eigenvalue weighted by Gasteiger charge is -2.30. The van der Waals surface area contributed by atoms with E-state index >= 15 is 0 Å². The summed E-state index contributed by atoms with van der Waals surface area (Å²) in [5, 5.41) is 9.07. The third-order valence-corrected chi connectivity index (χ3v) is 4.96. The summed E-state index contributed by atoms with van der Waals surface area (Å²) in [6.07, 6.45) is 1.71. The fourth-order valence-corrected chi connectivity index (χ4v) is 3.64. The van der Waals surface area contributed by atoms with Gasteiger partial charge in [0.1, 0.15) is 5.69 Å². The lowest BCUT2D eigenvalue weighted by molar-refractivity contribution is -0.118. The van der Waals surface area contributed by atoms with Crippen LogP contribution in [0, 0.1) is 0 Å². The van der Waals surface area contributed by atoms with Crippen molar-refractivity contribution in [2.45, 2.75) is 66.5 Å². The maximum atomic E-state index is 12.8. The Morgan fingerprint density at radius 2 is 1.57 bits per heavy atom. The Morgan fingerprint density at radius 1 is 0.967 bits per heavy atom. The van der Waals surface area contributed by atoms with Gasteiger partial charge in [-0.15, -0.1) is 5.10 Å². The van der Waals surface area contributed by atoms with Crippen molar-refractivity contribution in [3.05, 3.63) is 54.1 Å². The molecule has 0 spiro atoms. The van der Waals surface area contributed by atoms with Gasteiger partial charge in [0.2, 0.25) is 5.91 Å². The number of anilines is 1. The van der Waals surface area contributed by atoms with Crippen LogP contribution < -0.4 is 4.90 Å². The maximum Gasteiger partial charge on any atom is 0.227 e. The predicted molar refractivity (Wildman–Crippen MR) is 123 cm³/mol. The van der Waals surface area contributed by atoms with E-state index in [1.807, 2.05) is 46.8 Å². The number of amides is 1. The molecule has 1 aliphatic heterocycles. The second-order valence-electron chi connectivity index (χ2n) is 8.58. The van der Waals surface area contributed by atoms with E-state index < -0.39 is 0 Å². The molecule has 2 aromatic carbocycles. The summed E-state index contributed by atoms with van der Waals surface area (Å²) >= 11 is 0. The van der Waals surface area contributed by atoms with Crippen LogP contribution in [0.25, 0.3) is 22.5 Å². The average Bonchev–Trinajstić information content (AvgIpc) is 3.16. The minimum atomic E-state index is -0.235.